The number of oxazole rings is 1. The van der Waals surface area contributed by atoms with Crippen molar-refractivity contribution in [2.75, 3.05) is 11.1 Å². The Bertz CT molecular complexity index is 1310. The number of esters is 1. The van der Waals surface area contributed by atoms with Crippen molar-refractivity contribution in [2.45, 2.75) is 26.5 Å². The first-order chi connectivity index (χ1) is 14.9. The number of benzene rings is 2. The Morgan fingerprint density at radius 1 is 1.16 bits per heavy atom. The van der Waals surface area contributed by atoms with Crippen LogP contribution < -0.4 is 16.8 Å². The van der Waals surface area contributed by atoms with Gasteiger partial charge in [-0.3, -0.25) is 4.57 Å². The Kier molecular flexibility index (Phi) is 5.35. The maximum Gasteiger partial charge on any atom is 0.420 e. The van der Waals surface area contributed by atoms with Crippen LogP contribution in [-0.2, 0) is 16.1 Å². The number of fused-ring (bicyclic) bond motifs is 1. The van der Waals surface area contributed by atoms with E-state index >= 15 is 0 Å². The number of para-hydroxylation sites is 3. The average Bonchev–Trinajstić information content (AvgIpc) is 3.08. The van der Waals surface area contributed by atoms with Gasteiger partial charge in [0, 0.05) is 5.69 Å². The van der Waals surface area contributed by atoms with Gasteiger partial charge in [-0.1, -0.05) is 30.3 Å². The molecule has 0 fully saturated rings. The standard InChI is InChI=1S/C21H20N6O4/c1-12-7-3-4-8-14(12)23-20-25-17(24-19(22)26-20)11-30-18(28)13(2)27-15-9-5-6-10-16(15)31-21(27)29/h3-10,13H,11H2,1-2H3,(H3,22,23,24,25,26)/t13-/m1/s1. The van der Waals surface area contributed by atoms with Crippen LogP contribution in [0.1, 0.15) is 24.4 Å². The maximum atomic E-state index is 12.6. The van der Waals surface area contributed by atoms with Crippen LogP contribution >= 0.6 is 0 Å². The smallest absolute Gasteiger partial charge is 0.420 e. The second kappa shape index (κ2) is 8.27. The fourth-order valence-corrected chi connectivity index (χ4v) is 3.10. The van der Waals surface area contributed by atoms with Gasteiger partial charge in [0.15, 0.2) is 18.0 Å². The molecule has 158 valence electrons. The molecule has 10 heteroatoms. The number of nitrogen functional groups attached to an aromatic ring is 1. The highest BCUT2D eigenvalue weighted by Gasteiger charge is 2.23. The van der Waals surface area contributed by atoms with Crippen molar-refractivity contribution in [3.8, 4) is 0 Å². The highest BCUT2D eigenvalue weighted by atomic mass is 16.5. The van der Waals surface area contributed by atoms with E-state index in [1.165, 1.54) is 4.57 Å². The molecule has 4 aromatic rings. The number of aryl methyl sites for hydroxylation is 1. The Labute approximate surface area is 176 Å². The largest absolute Gasteiger partial charge is 0.456 e. The van der Waals surface area contributed by atoms with Crippen molar-refractivity contribution in [3.05, 3.63) is 70.5 Å². The number of nitrogens with two attached hydrogens (primary N) is 1. The predicted molar refractivity (Wildman–Crippen MR) is 114 cm³/mol. The molecule has 0 amide bonds. The predicted octanol–water partition coefficient (Wildman–Crippen LogP) is 2.72. The molecule has 2 aromatic heterocycles. The van der Waals surface area contributed by atoms with Gasteiger partial charge in [0.25, 0.3) is 0 Å². The molecule has 3 N–H and O–H groups in total. The van der Waals surface area contributed by atoms with Crippen LogP contribution in [-0.4, -0.2) is 25.5 Å². The van der Waals surface area contributed by atoms with E-state index in [1.54, 1.807) is 31.2 Å². The third-order valence-corrected chi connectivity index (χ3v) is 4.68. The van der Waals surface area contributed by atoms with E-state index in [4.69, 9.17) is 14.9 Å². The first-order valence-corrected chi connectivity index (χ1v) is 9.52. The number of hydrogen-bond donors (Lipinski definition) is 2. The molecule has 2 aromatic carbocycles. The molecule has 0 aliphatic heterocycles. The molecular formula is C21H20N6O4. The van der Waals surface area contributed by atoms with Gasteiger partial charge in [0.05, 0.1) is 5.52 Å². The molecule has 0 aliphatic carbocycles. The van der Waals surface area contributed by atoms with E-state index in [0.717, 1.165) is 11.3 Å². The first-order valence-electron chi connectivity index (χ1n) is 9.52. The summed E-state index contributed by atoms with van der Waals surface area (Å²) in [7, 11) is 0. The van der Waals surface area contributed by atoms with E-state index in [1.807, 2.05) is 31.2 Å². The molecule has 2 heterocycles. The van der Waals surface area contributed by atoms with Crippen LogP contribution in [0.15, 0.2) is 57.7 Å². The number of ether oxygens (including phenoxy) is 1. The van der Waals surface area contributed by atoms with Gasteiger partial charge in [0.1, 0.15) is 6.04 Å². The summed E-state index contributed by atoms with van der Waals surface area (Å²) in [6.07, 6.45) is 0. The highest BCUT2D eigenvalue weighted by molar-refractivity contribution is 5.79. The SMILES string of the molecule is Cc1ccccc1Nc1nc(N)nc(COC(=O)[C@@H](C)n2c(=O)oc3ccccc32)n1. The second-order valence-electron chi connectivity index (χ2n) is 6.86. The molecule has 0 saturated carbocycles. The first kappa shape index (κ1) is 20.1. The lowest BCUT2D eigenvalue weighted by Gasteiger charge is -2.13. The van der Waals surface area contributed by atoms with Crippen molar-refractivity contribution < 1.29 is 13.9 Å². The van der Waals surface area contributed by atoms with Crippen molar-refractivity contribution in [2.24, 2.45) is 0 Å². The molecule has 31 heavy (non-hydrogen) atoms. The third kappa shape index (κ3) is 4.22. The Morgan fingerprint density at radius 2 is 1.90 bits per heavy atom. The fourth-order valence-electron chi connectivity index (χ4n) is 3.10. The Morgan fingerprint density at radius 3 is 2.71 bits per heavy atom. The van der Waals surface area contributed by atoms with Crippen LogP contribution in [0.5, 0.6) is 0 Å². The zero-order valence-corrected chi connectivity index (χ0v) is 16.9. The summed E-state index contributed by atoms with van der Waals surface area (Å²) in [5.74, 6) is -0.880. The van der Waals surface area contributed by atoms with Crippen LogP contribution in [0.25, 0.3) is 11.1 Å². The van der Waals surface area contributed by atoms with E-state index < -0.39 is 17.8 Å². The molecular weight excluding hydrogens is 400 g/mol. The molecule has 1 atom stereocenters. The van der Waals surface area contributed by atoms with Gasteiger partial charge in [-0.15, -0.1) is 0 Å². The van der Waals surface area contributed by atoms with Crippen molar-refractivity contribution in [1.29, 1.82) is 0 Å². The number of rotatable bonds is 6. The van der Waals surface area contributed by atoms with Crippen LogP contribution in [0.2, 0.25) is 0 Å². The maximum absolute atomic E-state index is 12.6. The third-order valence-electron chi connectivity index (χ3n) is 4.68. The zero-order chi connectivity index (χ0) is 22.0. The molecule has 4 rings (SSSR count). The Hall–Kier alpha value is -4.21. The lowest BCUT2D eigenvalue weighted by molar-refractivity contribution is -0.148. The summed E-state index contributed by atoms with van der Waals surface area (Å²) < 4.78 is 11.7. The van der Waals surface area contributed by atoms with Gasteiger partial charge in [0.2, 0.25) is 11.9 Å². The molecule has 0 radical (unpaired) electrons. The van der Waals surface area contributed by atoms with Gasteiger partial charge in [-0.05, 0) is 37.6 Å². The Balaban J connectivity index is 1.49. The molecule has 0 bridgehead atoms. The molecule has 0 unspecified atom stereocenters. The normalized spacial score (nSPS) is 11.9. The number of carbonyl (C=O) groups is 1. The number of hydrogen-bond acceptors (Lipinski definition) is 9. The second-order valence-corrected chi connectivity index (χ2v) is 6.86. The van der Waals surface area contributed by atoms with E-state index in [9.17, 15) is 9.59 Å². The minimum Gasteiger partial charge on any atom is -0.456 e. The summed E-state index contributed by atoms with van der Waals surface area (Å²) in [4.78, 5) is 37.1. The summed E-state index contributed by atoms with van der Waals surface area (Å²) in [5, 5.41) is 3.07. The lowest BCUT2D eigenvalue weighted by atomic mass is 10.2. The monoisotopic (exact) mass is 420 g/mol. The minimum atomic E-state index is -0.903. The molecule has 0 aliphatic rings. The van der Waals surface area contributed by atoms with Crippen molar-refractivity contribution >= 4 is 34.7 Å². The highest BCUT2D eigenvalue weighted by Crippen LogP contribution is 2.19. The summed E-state index contributed by atoms with van der Waals surface area (Å²) in [5.41, 5.74) is 8.49. The summed E-state index contributed by atoms with van der Waals surface area (Å²) in [6.45, 7) is 3.26. The lowest BCUT2D eigenvalue weighted by Crippen LogP contribution is -2.26. The number of carbonyl (C=O) groups excluding carboxylic acids is 1. The molecule has 0 saturated heterocycles. The molecule has 10 nitrogen and oxygen atoms in total. The summed E-state index contributed by atoms with van der Waals surface area (Å²) >= 11 is 0. The van der Waals surface area contributed by atoms with Gasteiger partial charge >= 0.3 is 11.7 Å². The van der Waals surface area contributed by atoms with Crippen molar-refractivity contribution in [3.63, 3.8) is 0 Å². The van der Waals surface area contributed by atoms with Gasteiger partial charge < -0.3 is 20.2 Å². The summed E-state index contributed by atoms with van der Waals surface area (Å²) in [6, 6.07) is 13.6. The number of nitrogens with one attached hydrogen (secondary N) is 1. The van der Waals surface area contributed by atoms with E-state index in [0.29, 0.717) is 11.1 Å². The van der Waals surface area contributed by atoms with E-state index in [2.05, 4.69) is 20.3 Å². The molecule has 0 spiro atoms. The zero-order valence-electron chi connectivity index (χ0n) is 16.9. The van der Waals surface area contributed by atoms with Crippen LogP contribution in [0.3, 0.4) is 0 Å². The van der Waals surface area contributed by atoms with Crippen molar-refractivity contribution in [1.82, 2.24) is 19.5 Å². The average molecular weight is 420 g/mol. The van der Waals surface area contributed by atoms with Gasteiger partial charge in [-0.25, -0.2) is 9.59 Å². The fraction of sp³-hybridized carbons (Fsp3) is 0.190. The quantitative estimate of drug-likeness (QED) is 0.451. The van der Waals surface area contributed by atoms with Gasteiger partial charge in [-0.2, -0.15) is 15.0 Å². The number of nitrogens with zero attached hydrogens (tertiary/aromatic N) is 4. The van der Waals surface area contributed by atoms with Crippen LogP contribution in [0.4, 0.5) is 17.6 Å². The topological polar surface area (TPSA) is 138 Å². The minimum absolute atomic E-state index is 0.0118. The van der Waals surface area contributed by atoms with E-state index in [-0.39, 0.29) is 24.3 Å². The number of anilines is 3. The number of aromatic nitrogens is 4. The van der Waals surface area contributed by atoms with Crippen LogP contribution in [0, 0.1) is 6.92 Å².